The average Bonchev–Trinajstić information content (AvgIpc) is 3.12. The van der Waals surface area contributed by atoms with Crippen molar-refractivity contribution >= 4 is 11.6 Å². The molecule has 1 aliphatic carbocycles. The van der Waals surface area contributed by atoms with Crippen LogP contribution >= 0.6 is 0 Å². The number of rotatable bonds is 2. The van der Waals surface area contributed by atoms with Gasteiger partial charge in [-0.05, 0) is 51.2 Å². The van der Waals surface area contributed by atoms with Gasteiger partial charge in [-0.3, -0.25) is 9.78 Å². The number of aromatic nitrogens is 1. The van der Waals surface area contributed by atoms with E-state index in [4.69, 9.17) is 0 Å². The quantitative estimate of drug-likeness (QED) is 0.833. The number of pyridine rings is 1. The number of hydrogen-bond donors (Lipinski definition) is 0. The number of aryl methyl sites for hydroxylation is 1. The lowest BCUT2D eigenvalue weighted by Gasteiger charge is -2.50. The maximum atomic E-state index is 12.5. The first-order valence-corrected chi connectivity index (χ1v) is 9.62. The molecule has 4 rings (SSSR count). The van der Waals surface area contributed by atoms with E-state index in [0.29, 0.717) is 17.4 Å². The van der Waals surface area contributed by atoms with E-state index < -0.39 is 0 Å². The average molecular weight is 327 g/mol. The van der Waals surface area contributed by atoms with Gasteiger partial charge in [-0.25, -0.2) is 0 Å². The molecular weight excluding hydrogens is 298 g/mol. The third-order valence-electron chi connectivity index (χ3n) is 6.37. The lowest BCUT2D eigenvalue weighted by molar-refractivity contribution is -0.140. The highest BCUT2D eigenvalue weighted by Gasteiger charge is 2.43. The normalized spacial score (nSPS) is 28.8. The van der Waals surface area contributed by atoms with Gasteiger partial charge >= 0.3 is 0 Å². The summed E-state index contributed by atoms with van der Waals surface area (Å²) in [6, 6.07) is 4.85. The van der Waals surface area contributed by atoms with Crippen molar-refractivity contribution in [3.8, 4) is 0 Å². The van der Waals surface area contributed by atoms with E-state index in [0.717, 1.165) is 38.2 Å². The molecule has 1 unspecified atom stereocenters. The van der Waals surface area contributed by atoms with Crippen molar-refractivity contribution in [2.24, 2.45) is 5.41 Å². The number of hydrogen-bond acceptors (Lipinski definition) is 3. The van der Waals surface area contributed by atoms with E-state index in [1.54, 1.807) is 0 Å². The standard InChI is InChI=1S/C20H29N3O/c1-16-13-18(8-11-21-16)22-12-4-9-20(14-22)10-7-19(24)23(15-20)17-5-2-3-6-17/h8,11,13,17H,2-7,9-10,12,14-15H2,1H3. The highest BCUT2D eigenvalue weighted by atomic mass is 16.2. The van der Waals surface area contributed by atoms with Crippen molar-refractivity contribution in [3.63, 3.8) is 0 Å². The van der Waals surface area contributed by atoms with Crippen LogP contribution in [0.2, 0.25) is 0 Å². The Balaban J connectivity index is 1.52. The van der Waals surface area contributed by atoms with Crippen LogP contribution in [0, 0.1) is 12.3 Å². The summed E-state index contributed by atoms with van der Waals surface area (Å²) in [5, 5.41) is 0. The Morgan fingerprint density at radius 1 is 1.17 bits per heavy atom. The summed E-state index contributed by atoms with van der Waals surface area (Å²) < 4.78 is 0. The molecule has 1 aromatic heterocycles. The van der Waals surface area contributed by atoms with Crippen LogP contribution in [0.1, 0.15) is 57.1 Å². The van der Waals surface area contributed by atoms with Gasteiger partial charge in [0.2, 0.25) is 5.91 Å². The molecule has 0 N–H and O–H groups in total. The van der Waals surface area contributed by atoms with E-state index in [1.165, 1.54) is 44.2 Å². The van der Waals surface area contributed by atoms with Gasteiger partial charge in [-0.15, -0.1) is 0 Å². The summed E-state index contributed by atoms with van der Waals surface area (Å²) in [5.74, 6) is 0.407. The first-order chi connectivity index (χ1) is 11.7. The Bertz CT molecular complexity index is 611. The Kier molecular flexibility index (Phi) is 4.23. The smallest absolute Gasteiger partial charge is 0.222 e. The van der Waals surface area contributed by atoms with Crippen molar-refractivity contribution in [1.29, 1.82) is 0 Å². The van der Waals surface area contributed by atoms with Crippen molar-refractivity contribution in [2.45, 2.75) is 64.3 Å². The zero-order valence-corrected chi connectivity index (χ0v) is 14.8. The second kappa shape index (κ2) is 6.38. The van der Waals surface area contributed by atoms with Crippen molar-refractivity contribution in [2.75, 3.05) is 24.5 Å². The van der Waals surface area contributed by atoms with Gasteiger partial charge in [-0.2, -0.15) is 0 Å². The molecule has 3 fully saturated rings. The van der Waals surface area contributed by atoms with Crippen LogP contribution in [0.4, 0.5) is 5.69 Å². The fourth-order valence-corrected chi connectivity index (χ4v) is 5.08. The van der Waals surface area contributed by atoms with Gasteiger partial charge in [0.25, 0.3) is 0 Å². The summed E-state index contributed by atoms with van der Waals surface area (Å²) in [6.07, 6.45) is 11.3. The highest BCUT2D eigenvalue weighted by Crippen LogP contribution is 2.42. The van der Waals surface area contributed by atoms with Gasteiger partial charge < -0.3 is 9.80 Å². The molecule has 4 heteroatoms. The maximum absolute atomic E-state index is 12.5. The number of anilines is 1. The molecule has 3 heterocycles. The van der Waals surface area contributed by atoms with Crippen molar-refractivity contribution < 1.29 is 4.79 Å². The molecule has 3 aliphatic rings. The molecule has 24 heavy (non-hydrogen) atoms. The van der Waals surface area contributed by atoms with Gasteiger partial charge in [0.1, 0.15) is 0 Å². The van der Waals surface area contributed by atoms with Crippen molar-refractivity contribution in [1.82, 2.24) is 9.88 Å². The van der Waals surface area contributed by atoms with Gasteiger partial charge in [0.05, 0.1) is 0 Å². The molecule has 0 bridgehead atoms. The number of carbonyl (C=O) groups is 1. The van der Waals surface area contributed by atoms with Crippen LogP contribution in [-0.4, -0.2) is 41.5 Å². The minimum absolute atomic E-state index is 0.298. The minimum Gasteiger partial charge on any atom is -0.371 e. The van der Waals surface area contributed by atoms with E-state index in [-0.39, 0.29) is 0 Å². The van der Waals surface area contributed by atoms with Gasteiger partial charge in [0.15, 0.2) is 0 Å². The molecule has 2 aliphatic heterocycles. The Morgan fingerprint density at radius 3 is 2.79 bits per heavy atom. The van der Waals surface area contributed by atoms with Crippen molar-refractivity contribution in [3.05, 3.63) is 24.0 Å². The van der Waals surface area contributed by atoms with E-state index >= 15 is 0 Å². The van der Waals surface area contributed by atoms with Crippen LogP contribution in [0.15, 0.2) is 18.3 Å². The Labute approximate surface area is 145 Å². The third-order valence-corrected chi connectivity index (χ3v) is 6.37. The zero-order valence-electron chi connectivity index (χ0n) is 14.8. The topological polar surface area (TPSA) is 36.4 Å². The minimum atomic E-state index is 0.298. The SMILES string of the molecule is Cc1cc(N2CCCC3(CCC(=O)N(C4CCCC4)C3)C2)ccn1. The fourth-order valence-electron chi connectivity index (χ4n) is 5.08. The van der Waals surface area contributed by atoms with Crippen LogP contribution in [0.25, 0.3) is 0 Å². The molecule has 2 saturated heterocycles. The van der Waals surface area contributed by atoms with Crippen LogP contribution in [0.3, 0.4) is 0 Å². The summed E-state index contributed by atoms with van der Waals surface area (Å²) in [7, 11) is 0. The molecule has 130 valence electrons. The van der Waals surface area contributed by atoms with E-state index in [9.17, 15) is 4.79 Å². The number of likely N-dealkylation sites (tertiary alicyclic amines) is 1. The summed E-state index contributed by atoms with van der Waals surface area (Å²) in [5.41, 5.74) is 2.68. The Morgan fingerprint density at radius 2 is 2.00 bits per heavy atom. The van der Waals surface area contributed by atoms with E-state index in [1.807, 2.05) is 6.20 Å². The lowest BCUT2D eigenvalue weighted by atomic mass is 9.73. The largest absolute Gasteiger partial charge is 0.371 e. The summed E-state index contributed by atoms with van der Waals surface area (Å²) in [4.78, 5) is 21.6. The second-order valence-electron chi connectivity index (χ2n) is 8.14. The summed E-state index contributed by atoms with van der Waals surface area (Å²) >= 11 is 0. The molecule has 4 nitrogen and oxygen atoms in total. The number of amides is 1. The first kappa shape index (κ1) is 15.9. The highest BCUT2D eigenvalue weighted by molar-refractivity contribution is 5.77. The van der Waals surface area contributed by atoms with Gasteiger partial charge in [-0.1, -0.05) is 12.8 Å². The lowest BCUT2D eigenvalue weighted by Crippen LogP contribution is -2.56. The molecule has 0 radical (unpaired) electrons. The number of piperidine rings is 2. The molecule has 1 aromatic rings. The van der Waals surface area contributed by atoms with E-state index in [2.05, 4.69) is 33.8 Å². The van der Waals surface area contributed by atoms with Crippen LogP contribution < -0.4 is 4.90 Å². The summed E-state index contributed by atoms with van der Waals surface area (Å²) in [6.45, 7) is 5.26. The Hall–Kier alpha value is -1.58. The number of nitrogens with zero attached hydrogens (tertiary/aromatic N) is 3. The molecule has 1 amide bonds. The molecule has 1 atom stereocenters. The zero-order chi connectivity index (χ0) is 16.6. The third kappa shape index (κ3) is 3.03. The predicted molar refractivity (Wildman–Crippen MR) is 96.1 cm³/mol. The molecular formula is C20H29N3O. The molecule has 1 saturated carbocycles. The predicted octanol–water partition coefficient (Wildman–Crippen LogP) is 3.54. The fraction of sp³-hybridized carbons (Fsp3) is 0.700. The van der Waals surface area contributed by atoms with Gasteiger partial charge in [0, 0.05) is 55.1 Å². The van der Waals surface area contributed by atoms with Crippen LogP contribution in [0.5, 0.6) is 0 Å². The number of carbonyl (C=O) groups excluding carboxylic acids is 1. The maximum Gasteiger partial charge on any atom is 0.222 e. The second-order valence-corrected chi connectivity index (χ2v) is 8.14. The monoisotopic (exact) mass is 327 g/mol. The molecule has 0 aromatic carbocycles. The van der Waals surface area contributed by atoms with Crippen LogP contribution in [-0.2, 0) is 4.79 Å². The molecule has 1 spiro atoms. The first-order valence-electron chi connectivity index (χ1n) is 9.62.